The maximum Gasteiger partial charge on any atom is 0.0396 e. The highest BCUT2D eigenvalue weighted by Crippen LogP contribution is 2.26. The molecule has 1 saturated heterocycles. The standard InChI is InChI=1S/C12H17BrN2/c1-9-8-10(13)2-3-12(9)15-6-4-11(14)5-7-15/h2-3,8,11H,4-7,14H2,1H3. The Labute approximate surface area is 99.6 Å². The van der Waals surface area contributed by atoms with Gasteiger partial charge in [0.1, 0.15) is 0 Å². The Morgan fingerprint density at radius 1 is 1.33 bits per heavy atom. The molecule has 2 N–H and O–H groups in total. The molecule has 1 aliphatic rings. The summed E-state index contributed by atoms with van der Waals surface area (Å²) < 4.78 is 1.15. The normalized spacial score (nSPS) is 18.2. The Morgan fingerprint density at radius 2 is 2.00 bits per heavy atom. The van der Waals surface area contributed by atoms with Crippen molar-refractivity contribution in [3.05, 3.63) is 28.2 Å². The van der Waals surface area contributed by atoms with Crippen molar-refractivity contribution in [2.24, 2.45) is 5.73 Å². The summed E-state index contributed by atoms with van der Waals surface area (Å²) in [5.41, 5.74) is 8.59. The number of nitrogens with zero attached hydrogens (tertiary/aromatic N) is 1. The van der Waals surface area contributed by atoms with E-state index in [1.165, 1.54) is 11.3 Å². The van der Waals surface area contributed by atoms with Crippen LogP contribution in [0.5, 0.6) is 0 Å². The first-order valence-corrected chi connectivity index (χ1v) is 6.23. The monoisotopic (exact) mass is 268 g/mol. The van der Waals surface area contributed by atoms with Crippen LogP contribution >= 0.6 is 15.9 Å². The molecule has 1 aliphatic heterocycles. The maximum atomic E-state index is 5.90. The largest absolute Gasteiger partial charge is 0.371 e. The van der Waals surface area contributed by atoms with Crippen LogP contribution < -0.4 is 10.6 Å². The summed E-state index contributed by atoms with van der Waals surface area (Å²) in [5, 5.41) is 0. The number of benzene rings is 1. The van der Waals surface area contributed by atoms with Crippen LogP contribution in [0.25, 0.3) is 0 Å². The molecule has 0 bridgehead atoms. The summed E-state index contributed by atoms with van der Waals surface area (Å²) >= 11 is 3.49. The van der Waals surface area contributed by atoms with Crippen molar-refractivity contribution in [1.82, 2.24) is 0 Å². The van der Waals surface area contributed by atoms with Crippen LogP contribution in [-0.4, -0.2) is 19.1 Å². The van der Waals surface area contributed by atoms with Crippen LogP contribution in [0.1, 0.15) is 18.4 Å². The number of piperidine rings is 1. The Bertz CT molecular complexity index is 343. The van der Waals surface area contributed by atoms with Crippen LogP contribution in [0, 0.1) is 6.92 Å². The fraction of sp³-hybridized carbons (Fsp3) is 0.500. The highest BCUT2D eigenvalue weighted by molar-refractivity contribution is 9.10. The second-order valence-corrected chi connectivity index (χ2v) is 5.17. The van der Waals surface area contributed by atoms with Crippen molar-refractivity contribution < 1.29 is 0 Å². The quantitative estimate of drug-likeness (QED) is 0.849. The lowest BCUT2D eigenvalue weighted by Gasteiger charge is -2.33. The Balaban J connectivity index is 2.15. The Kier molecular flexibility index (Phi) is 3.32. The molecule has 0 aromatic heterocycles. The van der Waals surface area contributed by atoms with E-state index in [-0.39, 0.29) is 0 Å². The van der Waals surface area contributed by atoms with Crippen LogP contribution in [0.15, 0.2) is 22.7 Å². The van der Waals surface area contributed by atoms with Gasteiger partial charge in [0.25, 0.3) is 0 Å². The average Bonchev–Trinajstić information content (AvgIpc) is 2.20. The van der Waals surface area contributed by atoms with Crippen LogP contribution in [0.3, 0.4) is 0 Å². The van der Waals surface area contributed by atoms with Crippen LogP contribution in [0.2, 0.25) is 0 Å². The first kappa shape index (κ1) is 11.0. The van der Waals surface area contributed by atoms with Crippen molar-refractivity contribution in [2.45, 2.75) is 25.8 Å². The van der Waals surface area contributed by atoms with Crippen LogP contribution in [0.4, 0.5) is 5.69 Å². The fourth-order valence-electron chi connectivity index (χ4n) is 2.11. The lowest BCUT2D eigenvalue weighted by atomic mass is 10.0. The third-order valence-electron chi connectivity index (χ3n) is 3.04. The lowest BCUT2D eigenvalue weighted by Crippen LogP contribution is -2.39. The highest BCUT2D eigenvalue weighted by Gasteiger charge is 2.17. The molecule has 2 rings (SSSR count). The van der Waals surface area contributed by atoms with Gasteiger partial charge < -0.3 is 10.6 Å². The van der Waals surface area contributed by atoms with E-state index in [0.717, 1.165) is 30.4 Å². The zero-order valence-electron chi connectivity index (χ0n) is 9.04. The Hall–Kier alpha value is -0.540. The third kappa shape index (κ3) is 2.52. The van der Waals surface area contributed by atoms with Gasteiger partial charge in [-0.1, -0.05) is 15.9 Å². The van der Waals surface area contributed by atoms with Crippen LogP contribution in [-0.2, 0) is 0 Å². The molecule has 0 saturated carbocycles. The van der Waals surface area contributed by atoms with Crippen molar-refractivity contribution in [2.75, 3.05) is 18.0 Å². The zero-order valence-corrected chi connectivity index (χ0v) is 10.6. The van der Waals surface area contributed by atoms with E-state index in [2.05, 4.69) is 46.0 Å². The molecule has 82 valence electrons. The summed E-state index contributed by atoms with van der Waals surface area (Å²) in [4.78, 5) is 2.44. The molecule has 0 unspecified atom stereocenters. The number of hydrogen-bond acceptors (Lipinski definition) is 2. The molecule has 0 amide bonds. The molecular formula is C12H17BrN2. The minimum Gasteiger partial charge on any atom is -0.371 e. The predicted molar refractivity (Wildman–Crippen MR) is 68.3 cm³/mol. The molecule has 15 heavy (non-hydrogen) atoms. The molecule has 0 atom stereocenters. The van der Waals surface area contributed by atoms with Crippen molar-refractivity contribution >= 4 is 21.6 Å². The summed E-state index contributed by atoms with van der Waals surface area (Å²) in [6.07, 6.45) is 2.21. The van der Waals surface area contributed by atoms with E-state index < -0.39 is 0 Å². The third-order valence-corrected chi connectivity index (χ3v) is 3.53. The molecule has 0 spiro atoms. The number of aryl methyl sites for hydroxylation is 1. The summed E-state index contributed by atoms with van der Waals surface area (Å²) in [7, 11) is 0. The molecule has 1 heterocycles. The van der Waals surface area contributed by atoms with E-state index in [0.29, 0.717) is 6.04 Å². The molecule has 2 nitrogen and oxygen atoms in total. The van der Waals surface area contributed by atoms with E-state index in [1.807, 2.05) is 0 Å². The fourth-order valence-corrected chi connectivity index (χ4v) is 2.59. The molecule has 1 aromatic carbocycles. The minimum absolute atomic E-state index is 0.400. The van der Waals surface area contributed by atoms with Gasteiger partial charge in [-0.2, -0.15) is 0 Å². The smallest absolute Gasteiger partial charge is 0.0396 e. The topological polar surface area (TPSA) is 29.3 Å². The van der Waals surface area contributed by atoms with E-state index in [1.54, 1.807) is 0 Å². The number of halogens is 1. The highest BCUT2D eigenvalue weighted by atomic mass is 79.9. The number of nitrogens with two attached hydrogens (primary N) is 1. The molecule has 3 heteroatoms. The number of hydrogen-bond donors (Lipinski definition) is 1. The second kappa shape index (κ2) is 4.54. The first-order chi connectivity index (χ1) is 7.16. The number of anilines is 1. The number of rotatable bonds is 1. The van der Waals surface area contributed by atoms with Gasteiger partial charge in [0.05, 0.1) is 0 Å². The maximum absolute atomic E-state index is 5.90. The van der Waals surface area contributed by atoms with E-state index >= 15 is 0 Å². The minimum atomic E-state index is 0.400. The summed E-state index contributed by atoms with van der Waals surface area (Å²) in [6.45, 7) is 4.34. The SMILES string of the molecule is Cc1cc(Br)ccc1N1CCC(N)CC1. The van der Waals surface area contributed by atoms with Crippen molar-refractivity contribution in [3.63, 3.8) is 0 Å². The molecule has 0 aliphatic carbocycles. The van der Waals surface area contributed by atoms with Gasteiger partial charge in [0.2, 0.25) is 0 Å². The molecule has 0 radical (unpaired) electrons. The van der Waals surface area contributed by atoms with Gasteiger partial charge in [-0.3, -0.25) is 0 Å². The second-order valence-electron chi connectivity index (χ2n) is 4.26. The van der Waals surface area contributed by atoms with Crippen molar-refractivity contribution in [1.29, 1.82) is 0 Å². The summed E-state index contributed by atoms with van der Waals surface area (Å²) in [6, 6.07) is 6.87. The van der Waals surface area contributed by atoms with Gasteiger partial charge in [0, 0.05) is 29.3 Å². The summed E-state index contributed by atoms with van der Waals surface area (Å²) in [5.74, 6) is 0. The van der Waals surface area contributed by atoms with Gasteiger partial charge in [-0.05, 0) is 43.5 Å². The van der Waals surface area contributed by atoms with Gasteiger partial charge in [-0.25, -0.2) is 0 Å². The van der Waals surface area contributed by atoms with Gasteiger partial charge in [-0.15, -0.1) is 0 Å². The predicted octanol–water partition coefficient (Wildman–Crippen LogP) is 2.69. The Morgan fingerprint density at radius 3 is 2.60 bits per heavy atom. The zero-order chi connectivity index (χ0) is 10.8. The lowest BCUT2D eigenvalue weighted by molar-refractivity contribution is 0.501. The van der Waals surface area contributed by atoms with E-state index in [9.17, 15) is 0 Å². The average molecular weight is 269 g/mol. The molecule has 1 fully saturated rings. The molecular weight excluding hydrogens is 252 g/mol. The van der Waals surface area contributed by atoms with Gasteiger partial charge in [0.15, 0.2) is 0 Å². The molecule has 1 aromatic rings. The van der Waals surface area contributed by atoms with E-state index in [4.69, 9.17) is 5.73 Å². The first-order valence-electron chi connectivity index (χ1n) is 5.43. The van der Waals surface area contributed by atoms with Gasteiger partial charge >= 0.3 is 0 Å². The van der Waals surface area contributed by atoms with Crippen molar-refractivity contribution in [3.8, 4) is 0 Å².